The molecule has 2 aliphatic heterocycles. The molecule has 0 radical (unpaired) electrons. The second kappa shape index (κ2) is 7.94. The lowest BCUT2D eigenvalue weighted by molar-refractivity contribution is -0.137. The fourth-order valence-electron chi connectivity index (χ4n) is 5.08. The average molecular weight is 397 g/mol. The molecular formula is C24H32N2O3. The average Bonchev–Trinajstić information content (AvgIpc) is 2.97. The highest BCUT2D eigenvalue weighted by atomic mass is 16.5. The van der Waals surface area contributed by atoms with Crippen molar-refractivity contribution in [3.63, 3.8) is 0 Å². The summed E-state index contributed by atoms with van der Waals surface area (Å²) in [5.74, 6) is 1.20. The second-order valence-corrected chi connectivity index (χ2v) is 9.26. The SMILES string of the molecule is CC1CC2OC3=C(C(=O)C2CC1C)C(c1ccccc1)N(CCCN(C)C)C3=O. The number of benzene rings is 1. The highest BCUT2D eigenvalue weighted by molar-refractivity contribution is 6.11. The standard InChI is InChI=1S/C24H32N2O3/c1-15-13-18-19(14-16(15)2)29-23-20(22(18)27)21(17-9-6-5-7-10-17)26(24(23)28)12-8-11-25(3)4/h5-7,9-10,15-16,18-19,21H,8,11-14H2,1-4H3. The molecule has 5 atom stereocenters. The van der Waals surface area contributed by atoms with E-state index in [9.17, 15) is 9.59 Å². The summed E-state index contributed by atoms with van der Waals surface area (Å²) in [6, 6.07) is 9.60. The van der Waals surface area contributed by atoms with Gasteiger partial charge in [0.05, 0.1) is 17.5 Å². The molecule has 2 heterocycles. The maximum Gasteiger partial charge on any atom is 0.290 e. The summed E-state index contributed by atoms with van der Waals surface area (Å²) in [7, 11) is 4.06. The lowest BCUT2D eigenvalue weighted by atomic mass is 9.70. The van der Waals surface area contributed by atoms with Crippen LogP contribution in [0.5, 0.6) is 0 Å². The summed E-state index contributed by atoms with van der Waals surface area (Å²) in [4.78, 5) is 30.9. The van der Waals surface area contributed by atoms with Crippen molar-refractivity contribution >= 4 is 11.7 Å². The van der Waals surface area contributed by atoms with Crippen LogP contribution >= 0.6 is 0 Å². The van der Waals surface area contributed by atoms with Gasteiger partial charge in [0.2, 0.25) is 0 Å². The van der Waals surface area contributed by atoms with E-state index in [2.05, 4.69) is 18.7 Å². The topological polar surface area (TPSA) is 49.9 Å². The number of hydrogen-bond donors (Lipinski definition) is 0. The van der Waals surface area contributed by atoms with Crippen molar-refractivity contribution in [3.8, 4) is 0 Å². The van der Waals surface area contributed by atoms with Crippen molar-refractivity contribution in [2.75, 3.05) is 27.2 Å². The smallest absolute Gasteiger partial charge is 0.290 e. The normalized spacial score (nSPS) is 31.8. The van der Waals surface area contributed by atoms with Crippen LogP contribution < -0.4 is 0 Å². The quantitative estimate of drug-likeness (QED) is 0.765. The fraction of sp³-hybridized carbons (Fsp3) is 0.583. The minimum Gasteiger partial charge on any atom is -0.483 e. The van der Waals surface area contributed by atoms with E-state index in [0.29, 0.717) is 29.7 Å². The van der Waals surface area contributed by atoms with Gasteiger partial charge in [0.15, 0.2) is 11.5 Å². The first kappa shape index (κ1) is 20.1. The molecule has 4 rings (SSSR count). The van der Waals surface area contributed by atoms with Gasteiger partial charge in [-0.05, 0) is 57.3 Å². The molecule has 0 saturated heterocycles. The Bertz CT molecular complexity index is 817. The molecule has 0 spiro atoms. The highest BCUT2D eigenvalue weighted by Crippen LogP contribution is 2.48. The van der Waals surface area contributed by atoms with Gasteiger partial charge in [-0.25, -0.2) is 0 Å². The number of Topliss-reactive ketones (excluding diaryl/α,β-unsaturated/α-hetero) is 1. The number of carbonyl (C=O) groups is 2. The molecule has 1 amide bonds. The zero-order valence-corrected chi connectivity index (χ0v) is 17.9. The van der Waals surface area contributed by atoms with Gasteiger partial charge in [-0.2, -0.15) is 0 Å². The van der Waals surface area contributed by atoms with Gasteiger partial charge in [-0.15, -0.1) is 0 Å². The van der Waals surface area contributed by atoms with Crippen LogP contribution in [-0.2, 0) is 14.3 Å². The van der Waals surface area contributed by atoms with Crippen molar-refractivity contribution in [2.45, 2.75) is 45.3 Å². The minimum atomic E-state index is -0.330. The molecule has 29 heavy (non-hydrogen) atoms. The summed E-state index contributed by atoms with van der Waals surface area (Å²) in [5.41, 5.74) is 1.58. The zero-order valence-electron chi connectivity index (χ0n) is 17.9. The number of ketones is 1. The largest absolute Gasteiger partial charge is 0.483 e. The van der Waals surface area contributed by atoms with E-state index in [4.69, 9.17) is 4.74 Å². The fourth-order valence-corrected chi connectivity index (χ4v) is 5.08. The van der Waals surface area contributed by atoms with E-state index in [0.717, 1.165) is 31.4 Å². The summed E-state index contributed by atoms with van der Waals surface area (Å²) in [5, 5.41) is 0. The summed E-state index contributed by atoms with van der Waals surface area (Å²) >= 11 is 0. The van der Waals surface area contributed by atoms with Crippen molar-refractivity contribution in [1.82, 2.24) is 9.80 Å². The van der Waals surface area contributed by atoms with Crippen molar-refractivity contribution in [1.29, 1.82) is 0 Å². The van der Waals surface area contributed by atoms with Crippen LogP contribution in [0.25, 0.3) is 0 Å². The Balaban J connectivity index is 1.69. The molecule has 5 heteroatoms. The zero-order chi connectivity index (χ0) is 20.7. The van der Waals surface area contributed by atoms with Gasteiger partial charge in [0, 0.05) is 6.54 Å². The summed E-state index contributed by atoms with van der Waals surface area (Å²) in [6.45, 7) is 5.95. The first-order valence-electron chi connectivity index (χ1n) is 10.8. The Hall–Kier alpha value is -2.14. The molecule has 0 aromatic heterocycles. The van der Waals surface area contributed by atoms with E-state index in [1.807, 2.05) is 49.3 Å². The van der Waals surface area contributed by atoms with E-state index in [-0.39, 0.29) is 29.8 Å². The molecule has 1 fully saturated rings. The second-order valence-electron chi connectivity index (χ2n) is 9.26. The van der Waals surface area contributed by atoms with Crippen LogP contribution in [-0.4, -0.2) is 54.8 Å². The molecule has 5 nitrogen and oxygen atoms in total. The molecule has 0 bridgehead atoms. The minimum absolute atomic E-state index is 0.120. The van der Waals surface area contributed by atoms with Crippen LogP contribution in [0.4, 0.5) is 0 Å². The van der Waals surface area contributed by atoms with E-state index in [1.54, 1.807) is 0 Å². The number of ether oxygens (including phenoxy) is 1. The number of nitrogens with zero attached hydrogens (tertiary/aromatic N) is 2. The third-order valence-corrected chi connectivity index (χ3v) is 6.93. The maximum absolute atomic E-state index is 13.6. The van der Waals surface area contributed by atoms with Gasteiger partial charge in [0.1, 0.15) is 6.10 Å². The number of fused-ring (bicyclic) bond motifs is 1. The highest BCUT2D eigenvalue weighted by Gasteiger charge is 2.53. The number of hydrogen-bond acceptors (Lipinski definition) is 4. The number of amides is 1. The molecule has 0 N–H and O–H groups in total. The van der Waals surface area contributed by atoms with Gasteiger partial charge in [0.25, 0.3) is 5.91 Å². The van der Waals surface area contributed by atoms with Gasteiger partial charge in [-0.3, -0.25) is 9.59 Å². The molecular weight excluding hydrogens is 364 g/mol. The lowest BCUT2D eigenvalue weighted by Crippen LogP contribution is -2.43. The lowest BCUT2D eigenvalue weighted by Gasteiger charge is -2.40. The van der Waals surface area contributed by atoms with Crippen molar-refractivity contribution in [2.24, 2.45) is 17.8 Å². The molecule has 1 aliphatic carbocycles. The Kier molecular flexibility index (Phi) is 5.52. The molecule has 1 aromatic rings. The molecule has 5 unspecified atom stereocenters. The van der Waals surface area contributed by atoms with Gasteiger partial charge >= 0.3 is 0 Å². The number of carbonyl (C=O) groups excluding carboxylic acids is 2. The predicted molar refractivity (Wildman–Crippen MR) is 112 cm³/mol. The molecule has 1 saturated carbocycles. The molecule has 1 aromatic carbocycles. The van der Waals surface area contributed by atoms with Crippen LogP contribution in [0, 0.1) is 17.8 Å². The third-order valence-electron chi connectivity index (χ3n) is 6.93. The van der Waals surface area contributed by atoms with E-state index < -0.39 is 0 Å². The molecule has 3 aliphatic rings. The Labute approximate surface area is 173 Å². The van der Waals surface area contributed by atoms with Gasteiger partial charge < -0.3 is 14.5 Å². The predicted octanol–water partition coefficient (Wildman–Crippen LogP) is 3.43. The van der Waals surface area contributed by atoms with E-state index >= 15 is 0 Å². The van der Waals surface area contributed by atoms with Crippen LogP contribution in [0.15, 0.2) is 41.7 Å². The van der Waals surface area contributed by atoms with Crippen molar-refractivity contribution in [3.05, 3.63) is 47.2 Å². The Morgan fingerprint density at radius 2 is 1.76 bits per heavy atom. The van der Waals surface area contributed by atoms with E-state index in [1.165, 1.54) is 0 Å². The monoisotopic (exact) mass is 396 g/mol. The first-order chi connectivity index (χ1) is 13.9. The number of rotatable bonds is 5. The van der Waals surface area contributed by atoms with Gasteiger partial charge in [-0.1, -0.05) is 44.2 Å². The Morgan fingerprint density at radius 3 is 2.45 bits per heavy atom. The molecule has 156 valence electrons. The van der Waals surface area contributed by atoms with Crippen LogP contribution in [0.1, 0.15) is 44.7 Å². The van der Waals surface area contributed by atoms with Crippen LogP contribution in [0.3, 0.4) is 0 Å². The Morgan fingerprint density at radius 1 is 1.07 bits per heavy atom. The van der Waals surface area contributed by atoms with Crippen LogP contribution in [0.2, 0.25) is 0 Å². The summed E-state index contributed by atoms with van der Waals surface area (Å²) < 4.78 is 6.28. The van der Waals surface area contributed by atoms with Crippen molar-refractivity contribution < 1.29 is 14.3 Å². The summed E-state index contributed by atoms with van der Waals surface area (Å²) in [6.07, 6.45) is 2.39. The first-order valence-corrected chi connectivity index (χ1v) is 10.8. The third kappa shape index (κ3) is 3.61. The maximum atomic E-state index is 13.6.